The van der Waals surface area contributed by atoms with E-state index in [9.17, 15) is 9.59 Å². The largest absolute Gasteiger partial charge is 0.438 e. The zero-order chi connectivity index (χ0) is 18.8. The molecule has 0 spiro atoms. The Morgan fingerprint density at radius 1 is 1.19 bits per heavy atom. The highest BCUT2D eigenvalue weighted by Gasteiger charge is 2.35. The molecule has 2 heterocycles. The molecule has 0 unspecified atom stereocenters. The molecule has 1 aliphatic heterocycles. The maximum absolute atomic E-state index is 12.3. The summed E-state index contributed by atoms with van der Waals surface area (Å²) in [5.41, 5.74) is 6.25. The summed E-state index contributed by atoms with van der Waals surface area (Å²) in [4.78, 5) is 29.7. The third-order valence-electron chi connectivity index (χ3n) is 4.77. The fraction of sp³-hybridized carbons (Fsp3) is 0.190. The maximum Gasteiger partial charge on any atom is 0.235 e. The van der Waals surface area contributed by atoms with Crippen molar-refractivity contribution in [1.82, 2.24) is 9.88 Å². The summed E-state index contributed by atoms with van der Waals surface area (Å²) in [5, 5.41) is 1.87. The summed E-state index contributed by atoms with van der Waals surface area (Å²) < 4.78 is 5.93. The number of aromatic nitrogens is 1. The fourth-order valence-electron chi connectivity index (χ4n) is 3.35. The van der Waals surface area contributed by atoms with E-state index in [0.29, 0.717) is 31.1 Å². The lowest BCUT2D eigenvalue weighted by Crippen LogP contribution is -2.33. The molecule has 27 heavy (non-hydrogen) atoms. The Bertz CT molecular complexity index is 1000. The normalized spacial score (nSPS) is 16.7. The van der Waals surface area contributed by atoms with Gasteiger partial charge in [-0.15, -0.1) is 0 Å². The zero-order valence-electron chi connectivity index (χ0n) is 14.7. The number of pyridine rings is 1. The van der Waals surface area contributed by atoms with Gasteiger partial charge in [0.2, 0.25) is 17.7 Å². The minimum atomic E-state index is -0.705. The number of hydrogen-bond donors (Lipinski definition) is 1. The first kappa shape index (κ1) is 17.0. The summed E-state index contributed by atoms with van der Waals surface area (Å²) in [6.07, 6.45) is 2.19. The van der Waals surface area contributed by atoms with E-state index in [2.05, 4.69) is 4.98 Å². The minimum absolute atomic E-state index is 0.199. The smallest absolute Gasteiger partial charge is 0.235 e. The van der Waals surface area contributed by atoms with E-state index < -0.39 is 11.8 Å². The molecule has 6 nitrogen and oxygen atoms in total. The number of amides is 2. The number of nitrogens with zero attached hydrogens (tertiary/aromatic N) is 2. The number of primary amides is 1. The lowest BCUT2D eigenvalue weighted by Gasteiger charge is -2.17. The van der Waals surface area contributed by atoms with Gasteiger partial charge in [0.1, 0.15) is 11.7 Å². The van der Waals surface area contributed by atoms with Crippen LogP contribution in [0.1, 0.15) is 12.0 Å². The number of para-hydroxylation sites is 1. The Morgan fingerprint density at radius 3 is 2.74 bits per heavy atom. The van der Waals surface area contributed by atoms with Gasteiger partial charge in [-0.3, -0.25) is 9.59 Å². The van der Waals surface area contributed by atoms with Crippen molar-refractivity contribution in [2.24, 2.45) is 11.7 Å². The molecular formula is C21H19N3O3. The number of benzene rings is 2. The molecule has 1 atom stereocenters. The Balaban J connectivity index is 1.61. The number of ether oxygens (including phenoxy) is 1. The quantitative estimate of drug-likeness (QED) is 0.708. The van der Waals surface area contributed by atoms with Crippen LogP contribution in [0, 0.1) is 5.92 Å². The van der Waals surface area contributed by atoms with E-state index in [1.54, 1.807) is 11.1 Å². The Morgan fingerprint density at radius 2 is 2.00 bits per heavy atom. The van der Waals surface area contributed by atoms with Crippen LogP contribution in [0.3, 0.4) is 0 Å². The number of likely N-dealkylation sites (tertiary alicyclic amines) is 1. The van der Waals surface area contributed by atoms with Crippen LogP contribution < -0.4 is 10.5 Å². The lowest BCUT2D eigenvalue weighted by atomic mass is 10.1. The second-order valence-electron chi connectivity index (χ2n) is 6.59. The monoisotopic (exact) mass is 361 g/mol. The van der Waals surface area contributed by atoms with E-state index in [0.717, 1.165) is 16.3 Å². The van der Waals surface area contributed by atoms with Gasteiger partial charge < -0.3 is 15.4 Å². The van der Waals surface area contributed by atoms with Gasteiger partial charge in [-0.25, -0.2) is 4.98 Å². The van der Waals surface area contributed by atoms with Gasteiger partial charge in [-0.2, -0.15) is 0 Å². The molecule has 1 fully saturated rings. The lowest BCUT2D eigenvalue weighted by molar-refractivity contribution is -0.136. The summed E-state index contributed by atoms with van der Waals surface area (Å²) in [6, 6.07) is 17.3. The van der Waals surface area contributed by atoms with Crippen LogP contribution in [0.15, 0.2) is 60.8 Å². The highest BCUT2D eigenvalue weighted by molar-refractivity contribution is 6.00. The third-order valence-corrected chi connectivity index (χ3v) is 4.77. The molecule has 0 saturated carbocycles. The number of nitrogens with two attached hydrogens (primary N) is 1. The Hall–Kier alpha value is -3.41. The van der Waals surface area contributed by atoms with E-state index in [1.165, 1.54) is 0 Å². The van der Waals surface area contributed by atoms with Crippen molar-refractivity contribution < 1.29 is 14.3 Å². The number of rotatable bonds is 5. The molecule has 136 valence electrons. The van der Waals surface area contributed by atoms with Crippen LogP contribution in [0.5, 0.6) is 11.6 Å². The van der Waals surface area contributed by atoms with Crippen molar-refractivity contribution in [3.05, 3.63) is 66.4 Å². The van der Waals surface area contributed by atoms with E-state index >= 15 is 0 Å². The molecule has 1 aromatic heterocycles. The van der Waals surface area contributed by atoms with E-state index in [1.807, 2.05) is 54.6 Å². The van der Waals surface area contributed by atoms with Gasteiger partial charge >= 0.3 is 0 Å². The number of fused-ring (bicyclic) bond motifs is 1. The van der Waals surface area contributed by atoms with Crippen LogP contribution >= 0.6 is 0 Å². The third kappa shape index (κ3) is 3.46. The highest BCUT2D eigenvalue weighted by atomic mass is 16.5. The first-order valence-corrected chi connectivity index (χ1v) is 8.80. The average molecular weight is 361 g/mol. The van der Waals surface area contributed by atoms with Gasteiger partial charge in [-0.05, 0) is 41.6 Å². The predicted molar refractivity (Wildman–Crippen MR) is 101 cm³/mol. The predicted octanol–water partition coefficient (Wildman–Crippen LogP) is 2.86. The molecule has 1 saturated heterocycles. The van der Waals surface area contributed by atoms with Crippen molar-refractivity contribution >= 4 is 22.6 Å². The Kier molecular flexibility index (Phi) is 4.46. The molecule has 3 aromatic rings. The van der Waals surface area contributed by atoms with E-state index in [4.69, 9.17) is 10.5 Å². The average Bonchev–Trinajstić information content (AvgIpc) is 3.04. The van der Waals surface area contributed by atoms with Gasteiger partial charge in [0, 0.05) is 24.7 Å². The van der Waals surface area contributed by atoms with Crippen molar-refractivity contribution in [3.8, 4) is 11.6 Å². The topological polar surface area (TPSA) is 85.5 Å². The summed E-state index contributed by atoms with van der Waals surface area (Å²) in [7, 11) is 0. The molecule has 2 N–H and O–H groups in total. The van der Waals surface area contributed by atoms with Gasteiger partial charge in [0.15, 0.2) is 0 Å². The highest BCUT2D eigenvalue weighted by Crippen LogP contribution is 2.29. The summed E-state index contributed by atoms with van der Waals surface area (Å²) in [5.74, 6) is -0.229. The van der Waals surface area contributed by atoms with Crippen LogP contribution in [-0.4, -0.2) is 28.2 Å². The van der Waals surface area contributed by atoms with Gasteiger partial charge in [0.05, 0.1) is 0 Å². The van der Waals surface area contributed by atoms with Crippen LogP contribution in [0.4, 0.5) is 0 Å². The van der Waals surface area contributed by atoms with E-state index in [-0.39, 0.29) is 5.91 Å². The molecule has 0 aliphatic carbocycles. The molecule has 1 aliphatic rings. The molecule has 6 heteroatoms. The van der Waals surface area contributed by atoms with Crippen LogP contribution in [0.2, 0.25) is 0 Å². The Labute approximate surface area is 156 Å². The van der Waals surface area contributed by atoms with Crippen molar-refractivity contribution in [3.63, 3.8) is 0 Å². The first-order chi connectivity index (χ1) is 13.1. The van der Waals surface area contributed by atoms with Crippen molar-refractivity contribution in [2.45, 2.75) is 13.0 Å². The second kappa shape index (κ2) is 7.07. The molecule has 2 aromatic carbocycles. The molecule has 0 bridgehead atoms. The molecule has 2 amide bonds. The minimum Gasteiger partial charge on any atom is -0.438 e. The molecule has 0 radical (unpaired) electrons. The van der Waals surface area contributed by atoms with Gasteiger partial charge in [-0.1, -0.05) is 30.3 Å². The van der Waals surface area contributed by atoms with Crippen molar-refractivity contribution in [2.75, 3.05) is 6.54 Å². The van der Waals surface area contributed by atoms with Gasteiger partial charge in [0.25, 0.3) is 0 Å². The SMILES string of the molecule is NC(=O)[C@H]1CCN(Cc2ccc3ccnc(Oc4ccccc4)c3c2)C1=O. The van der Waals surface area contributed by atoms with Crippen molar-refractivity contribution in [1.29, 1.82) is 0 Å². The number of hydrogen-bond acceptors (Lipinski definition) is 4. The maximum atomic E-state index is 12.3. The summed E-state index contributed by atoms with van der Waals surface area (Å²) in [6.45, 7) is 0.961. The second-order valence-corrected chi connectivity index (χ2v) is 6.59. The molecule has 4 rings (SSSR count). The molecular weight excluding hydrogens is 342 g/mol. The summed E-state index contributed by atoms with van der Waals surface area (Å²) >= 11 is 0. The first-order valence-electron chi connectivity index (χ1n) is 8.80. The van der Waals surface area contributed by atoms with Crippen LogP contribution in [-0.2, 0) is 16.1 Å². The number of carbonyl (C=O) groups is 2. The zero-order valence-corrected chi connectivity index (χ0v) is 14.7. The van der Waals surface area contributed by atoms with Crippen LogP contribution in [0.25, 0.3) is 10.8 Å². The fourth-order valence-corrected chi connectivity index (χ4v) is 3.35. The standard InChI is InChI=1S/C21H19N3O3/c22-19(25)17-9-11-24(21(17)26)13-14-6-7-15-8-10-23-20(18(15)12-14)27-16-4-2-1-3-5-16/h1-8,10,12,17H,9,11,13H2,(H2,22,25)/t17-/m1/s1. The number of carbonyl (C=O) groups excluding carboxylic acids is 2.